The molecule has 98 valence electrons. The number of anilines is 2. The third-order valence-corrected chi connectivity index (χ3v) is 3.22. The summed E-state index contributed by atoms with van der Waals surface area (Å²) in [6.07, 6.45) is 0. The molecule has 0 radical (unpaired) electrons. The van der Waals surface area contributed by atoms with Gasteiger partial charge in [-0.05, 0) is 54.7 Å². The predicted octanol–water partition coefficient (Wildman–Crippen LogP) is 4.94. The van der Waals surface area contributed by atoms with Gasteiger partial charge in [-0.25, -0.2) is 4.39 Å². The summed E-state index contributed by atoms with van der Waals surface area (Å²) in [6.45, 7) is 0. The molecule has 0 bridgehead atoms. The maximum absolute atomic E-state index is 12.7. The average Bonchev–Trinajstić information content (AvgIpc) is 2.37. The molecule has 2 nitrogen and oxygen atoms in total. The third-order valence-electron chi connectivity index (χ3n) is 2.28. The van der Waals surface area contributed by atoms with E-state index in [1.54, 1.807) is 30.3 Å². The minimum atomic E-state index is -0.297. The first-order valence-corrected chi connectivity index (χ1v) is 6.49. The maximum atomic E-state index is 12.7. The van der Waals surface area contributed by atoms with Gasteiger partial charge in [0, 0.05) is 11.4 Å². The minimum Gasteiger partial charge on any atom is -0.332 e. The molecule has 0 saturated carbocycles. The van der Waals surface area contributed by atoms with Crippen LogP contribution in [-0.4, -0.2) is 5.11 Å². The van der Waals surface area contributed by atoms with Crippen LogP contribution in [0.4, 0.5) is 15.8 Å². The highest BCUT2D eigenvalue weighted by Gasteiger charge is 2.02. The quantitative estimate of drug-likeness (QED) is 0.768. The molecule has 0 atom stereocenters. The van der Waals surface area contributed by atoms with Crippen LogP contribution < -0.4 is 10.6 Å². The van der Waals surface area contributed by atoms with E-state index in [0.29, 0.717) is 26.5 Å². The second-order valence-electron chi connectivity index (χ2n) is 3.71. The van der Waals surface area contributed by atoms with Gasteiger partial charge in [0.15, 0.2) is 5.11 Å². The Morgan fingerprint density at radius 2 is 1.47 bits per heavy atom. The lowest BCUT2D eigenvalue weighted by molar-refractivity contribution is 0.628. The number of thiocarbonyl (C=S) groups is 1. The van der Waals surface area contributed by atoms with E-state index in [1.165, 1.54) is 12.1 Å². The van der Waals surface area contributed by atoms with E-state index in [2.05, 4.69) is 10.6 Å². The van der Waals surface area contributed by atoms with Gasteiger partial charge in [-0.2, -0.15) is 0 Å². The first-order chi connectivity index (χ1) is 9.04. The van der Waals surface area contributed by atoms with Gasteiger partial charge in [0.25, 0.3) is 0 Å². The lowest BCUT2D eigenvalue weighted by Gasteiger charge is -2.11. The van der Waals surface area contributed by atoms with E-state index >= 15 is 0 Å². The van der Waals surface area contributed by atoms with Crippen molar-refractivity contribution in [2.45, 2.75) is 0 Å². The fourth-order valence-corrected chi connectivity index (χ4v) is 1.93. The fourth-order valence-electron chi connectivity index (χ4n) is 1.40. The van der Waals surface area contributed by atoms with Gasteiger partial charge < -0.3 is 10.6 Å². The van der Waals surface area contributed by atoms with Gasteiger partial charge in [0.1, 0.15) is 5.82 Å². The first-order valence-electron chi connectivity index (χ1n) is 5.33. The van der Waals surface area contributed by atoms with E-state index in [0.717, 1.165) is 0 Å². The summed E-state index contributed by atoms with van der Waals surface area (Å²) in [7, 11) is 0. The number of nitrogens with one attached hydrogen (secondary N) is 2. The SMILES string of the molecule is Fc1ccc(NC(=S)Nc2ccc(Cl)c(Cl)c2)cc1. The molecule has 0 heterocycles. The van der Waals surface area contributed by atoms with Crippen LogP contribution in [0.15, 0.2) is 42.5 Å². The minimum absolute atomic E-state index is 0.297. The van der Waals surface area contributed by atoms with Crippen molar-refractivity contribution >= 4 is 51.9 Å². The maximum Gasteiger partial charge on any atom is 0.175 e. The van der Waals surface area contributed by atoms with Crippen LogP contribution >= 0.6 is 35.4 Å². The Bertz CT molecular complexity index is 602. The second kappa shape index (κ2) is 6.19. The average molecular weight is 315 g/mol. The standard InChI is InChI=1S/C13H9Cl2FN2S/c14-11-6-5-10(7-12(11)15)18-13(19)17-9-3-1-8(16)2-4-9/h1-7H,(H2,17,18,19). The molecule has 2 aromatic rings. The molecule has 2 aromatic carbocycles. The molecule has 0 aromatic heterocycles. The molecule has 6 heteroatoms. The van der Waals surface area contributed by atoms with Crippen molar-refractivity contribution in [3.05, 3.63) is 58.3 Å². The molecule has 0 aliphatic carbocycles. The van der Waals surface area contributed by atoms with Crippen molar-refractivity contribution in [1.82, 2.24) is 0 Å². The normalized spacial score (nSPS) is 10.1. The largest absolute Gasteiger partial charge is 0.332 e. The molecule has 19 heavy (non-hydrogen) atoms. The Morgan fingerprint density at radius 3 is 2.11 bits per heavy atom. The van der Waals surface area contributed by atoms with Crippen molar-refractivity contribution in [3.63, 3.8) is 0 Å². The molecular weight excluding hydrogens is 306 g/mol. The zero-order valence-corrected chi connectivity index (χ0v) is 11.9. The Balaban J connectivity index is 2.01. The third kappa shape index (κ3) is 4.06. The summed E-state index contributed by atoms with van der Waals surface area (Å²) in [5, 5.41) is 7.18. The first kappa shape index (κ1) is 14.1. The highest BCUT2D eigenvalue weighted by atomic mass is 35.5. The van der Waals surface area contributed by atoms with E-state index in [1.807, 2.05) is 0 Å². The van der Waals surface area contributed by atoms with Gasteiger partial charge in [0.2, 0.25) is 0 Å². The number of hydrogen-bond donors (Lipinski definition) is 2. The number of hydrogen-bond acceptors (Lipinski definition) is 1. The van der Waals surface area contributed by atoms with Gasteiger partial charge in [0.05, 0.1) is 10.0 Å². The van der Waals surface area contributed by atoms with E-state index in [-0.39, 0.29) is 5.82 Å². The molecular formula is C13H9Cl2FN2S. The molecule has 0 aliphatic rings. The molecule has 0 aliphatic heterocycles. The van der Waals surface area contributed by atoms with Crippen LogP contribution in [0.2, 0.25) is 10.0 Å². The summed E-state index contributed by atoms with van der Waals surface area (Å²) < 4.78 is 12.7. The highest BCUT2D eigenvalue weighted by Crippen LogP contribution is 2.25. The summed E-state index contributed by atoms with van der Waals surface area (Å²) in [6, 6.07) is 11.0. The van der Waals surface area contributed by atoms with Crippen molar-refractivity contribution in [2.24, 2.45) is 0 Å². The van der Waals surface area contributed by atoms with Crippen molar-refractivity contribution < 1.29 is 4.39 Å². The van der Waals surface area contributed by atoms with E-state index < -0.39 is 0 Å². The van der Waals surface area contributed by atoms with E-state index in [4.69, 9.17) is 35.4 Å². The fraction of sp³-hybridized carbons (Fsp3) is 0. The summed E-state index contributed by atoms with van der Waals surface area (Å²) in [5.41, 5.74) is 1.41. The lowest BCUT2D eigenvalue weighted by Crippen LogP contribution is -2.18. The summed E-state index contributed by atoms with van der Waals surface area (Å²) in [4.78, 5) is 0. The number of benzene rings is 2. The van der Waals surface area contributed by atoms with Crippen LogP contribution in [0.5, 0.6) is 0 Å². The van der Waals surface area contributed by atoms with Gasteiger partial charge in [-0.15, -0.1) is 0 Å². The number of rotatable bonds is 2. The van der Waals surface area contributed by atoms with Crippen molar-refractivity contribution in [3.8, 4) is 0 Å². The Labute approximate surface area is 125 Å². The van der Waals surface area contributed by atoms with Crippen LogP contribution in [0.25, 0.3) is 0 Å². The molecule has 0 spiro atoms. The molecule has 0 saturated heterocycles. The predicted molar refractivity (Wildman–Crippen MR) is 82.7 cm³/mol. The molecule has 2 N–H and O–H groups in total. The van der Waals surface area contributed by atoms with Crippen LogP contribution in [0.1, 0.15) is 0 Å². The smallest absolute Gasteiger partial charge is 0.175 e. The summed E-state index contributed by atoms with van der Waals surface area (Å²) >= 11 is 16.9. The Kier molecular flexibility index (Phi) is 4.58. The van der Waals surface area contributed by atoms with Crippen LogP contribution in [-0.2, 0) is 0 Å². The molecule has 0 fully saturated rings. The number of halogens is 3. The highest BCUT2D eigenvalue weighted by molar-refractivity contribution is 7.80. The van der Waals surface area contributed by atoms with Crippen molar-refractivity contribution in [2.75, 3.05) is 10.6 Å². The van der Waals surface area contributed by atoms with Gasteiger partial charge in [-0.1, -0.05) is 23.2 Å². The molecule has 2 rings (SSSR count). The monoisotopic (exact) mass is 314 g/mol. The van der Waals surface area contributed by atoms with Crippen LogP contribution in [0.3, 0.4) is 0 Å². The van der Waals surface area contributed by atoms with Gasteiger partial charge in [-0.3, -0.25) is 0 Å². The topological polar surface area (TPSA) is 24.1 Å². The lowest BCUT2D eigenvalue weighted by atomic mass is 10.3. The van der Waals surface area contributed by atoms with Crippen LogP contribution in [0, 0.1) is 5.82 Å². The zero-order chi connectivity index (χ0) is 13.8. The second-order valence-corrected chi connectivity index (χ2v) is 4.94. The molecule has 0 unspecified atom stereocenters. The molecule has 0 amide bonds. The zero-order valence-electron chi connectivity index (χ0n) is 9.58. The Morgan fingerprint density at radius 1 is 0.895 bits per heavy atom. The van der Waals surface area contributed by atoms with Gasteiger partial charge >= 0.3 is 0 Å². The Hall–Kier alpha value is -1.36. The van der Waals surface area contributed by atoms with E-state index in [9.17, 15) is 4.39 Å². The van der Waals surface area contributed by atoms with Crippen molar-refractivity contribution in [1.29, 1.82) is 0 Å². The summed E-state index contributed by atoms with van der Waals surface area (Å²) in [5.74, 6) is -0.297.